The number of rotatable bonds is 3. The van der Waals surface area contributed by atoms with Crippen LogP contribution in [0.25, 0.3) is 11.0 Å². The Morgan fingerprint density at radius 2 is 2.00 bits per heavy atom. The first-order chi connectivity index (χ1) is 9.97. The van der Waals surface area contributed by atoms with E-state index in [-0.39, 0.29) is 11.4 Å². The van der Waals surface area contributed by atoms with E-state index in [2.05, 4.69) is 38.5 Å². The van der Waals surface area contributed by atoms with Gasteiger partial charge in [0.25, 0.3) is 0 Å². The highest BCUT2D eigenvalue weighted by molar-refractivity contribution is 9.10. The lowest BCUT2D eigenvalue weighted by Crippen LogP contribution is -2.10. The van der Waals surface area contributed by atoms with E-state index in [9.17, 15) is 0 Å². The number of aryl methyl sites for hydroxylation is 1. The molecule has 2 heterocycles. The minimum atomic E-state index is -0.172. The second-order valence-electron chi connectivity index (χ2n) is 5.21. The minimum absolute atomic E-state index is 0.0363. The molecule has 0 aliphatic heterocycles. The second kappa shape index (κ2) is 5.50. The number of hydrogen-bond acceptors (Lipinski definition) is 2. The summed E-state index contributed by atoms with van der Waals surface area (Å²) in [5, 5.41) is -0.172. The molecular formula is C16H16BrClN2O. The second-order valence-corrected chi connectivity index (χ2v) is 6.78. The fraction of sp³-hybridized carbons (Fsp3) is 0.312. The molecule has 3 aromatic rings. The van der Waals surface area contributed by atoms with Crippen molar-refractivity contribution in [1.82, 2.24) is 9.55 Å². The molecule has 2 atom stereocenters. The predicted octanol–water partition coefficient (Wildman–Crippen LogP) is 5.61. The van der Waals surface area contributed by atoms with E-state index in [1.807, 2.05) is 38.1 Å². The lowest BCUT2D eigenvalue weighted by atomic mass is 10.2. The van der Waals surface area contributed by atoms with E-state index in [0.717, 1.165) is 32.9 Å². The summed E-state index contributed by atoms with van der Waals surface area (Å²) >= 11 is 9.86. The molecule has 21 heavy (non-hydrogen) atoms. The molecule has 5 heteroatoms. The van der Waals surface area contributed by atoms with Crippen molar-refractivity contribution >= 4 is 38.6 Å². The van der Waals surface area contributed by atoms with Crippen molar-refractivity contribution in [3.63, 3.8) is 0 Å². The molecule has 0 saturated carbocycles. The largest absolute Gasteiger partial charge is 0.464 e. The quantitative estimate of drug-likeness (QED) is 0.563. The highest BCUT2D eigenvalue weighted by Crippen LogP contribution is 2.32. The number of alkyl halides is 1. The van der Waals surface area contributed by atoms with E-state index in [1.165, 1.54) is 0 Å². The van der Waals surface area contributed by atoms with Crippen LogP contribution in [0.4, 0.5) is 0 Å². The third-order valence-electron chi connectivity index (χ3n) is 3.59. The molecule has 0 bridgehead atoms. The van der Waals surface area contributed by atoms with E-state index >= 15 is 0 Å². The average molecular weight is 368 g/mol. The Morgan fingerprint density at radius 3 is 2.62 bits per heavy atom. The lowest BCUT2D eigenvalue weighted by Gasteiger charge is -2.17. The molecule has 2 aromatic heterocycles. The molecule has 0 N–H and O–H groups in total. The molecule has 110 valence electrons. The highest BCUT2D eigenvalue weighted by Gasteiger charge is 2.22. The molecular weight excluding hydrogens is 352 g/mol. The third kappa shape index (κ3) is 2.62. The summed E-state index contributed by atoms with van der Waals surface area (Å²) < 4.78 is 8.95. The van der Waals surface area contributed by atoms with Crippen molar-refractivity contribution in [2.75, 3.05) is 0 Å². The van der Waals surface area contributed by atoms with Gasteiger partial charge in [0.05, 0.1) is 22.5 Å². The maximum atomic E-state index is 6.33. The number of hydrogen-bond donors (Lipinski definition) is 0. The maximum absolute atomic E-state index is 6.33. The SMILES string of the molecule is Cc1ccc(C(C)n2c(C(C)Cl)nc3ccc(Br)cc32)o1. The Bertz CT molecular complexity index is 791. The molecule has 2 unspecified atom stereocenters. The normalized spacial score (nSPS) is 14.5. The zero-order valence-corrected chi connectivity index (χ0v) is 14.4. The van der Waals surface area contributed by atoms with Crippen LogP contribution in [-0.2, 0) is 0 Å². The van der Waals surface area contributed by atoms with Crippen molar-refractivity contribution < 1.29 is 4.42 Å². The Morgan fingerprint density at radius 1 is 1.24 bits per heavy atom. The van der Waals surface area contributed by atoms with Crippen molar-refractivity contribution in [2.24, 2.45) is 0 Å². The van der Waals surface area contributed by atoms with Gasteiger partial charge in [0, 0.05) is 4.47 Å². The van der Waals surface area contributed by atoms with Crippen LogP contribution in [0, 0.1) is 6.92 Å². The smallest absolute Gasteiger partial charge is 0.128 e. The van der Waals surface area contributed by atoms with Crippen LogP contribution in [0.2, 0.25) is 0 Å². The highest BCUT2D eigenvalue weighted by atomic mass is 79.9. The van der Waals surface area contributed by atoms with Crippen LogP contribution in [0.15, 0.2) is 39.2 Å². The standard InChI is InChI=1S/C16H16BrClN2O/c1-9-4-7-15(21-9)11(3)20-14-8-12(17)5-6-13(14)19-16(20)10(2)18/h4-8,10-11H,1-3H3. The topological polar surface area (TPSA) is 31.0 Å². The Kier molecular flexibility index (Phi) is 3.84. The zero-order chi connectivity index (χ0) is 15.1. The number of imidazole rings is 1. The van der Waals surface area contributed by atoms with Gasteiger partial charge < -0.3 is 8.98 Å². The summed E-state index contributed by atoms with van der Waals surface area (Å²) in [6.45, 7) is 5.99. The number of fused-ring (bicyclic) bond motifs is 1. The number of nitrogens with zero attached hydrogens (tertiary/aromatic N) is 2. The van der Waals surface area contributed by atoms with Gasteiger partial charge >= 0.3 is 0 Å². The average Bonchev–Trinajstić information content (AvgIpc) is 3.01. The van der Waals surface area contributed by atoms with E-state index in [1.54, 1.807) is 0 Å². The van der Waals surface area contributed by atoms with Gasteiger partial charge in [-0.2, -0.15) is 0 Å². The minimum Gasteiger partial charge on any atom is -0.464 e. The van der Waals surface area contributed by atoms with Crippen molar-refractivity contribution in [3.05, 3.63) is 52.1 Å². The summed E-state index contributed by atoms with van der Waals surface area (Å²) in [6.07, 6.45) is 0. The van der Waals surface area contributed by atoms with E-state index < -0.39 is 0 Å². The summed E-state index contributed by atoms with van der Waals surface area (Å²) in [4.78, 5) is 4.68. The van der Waals surface area contributed by atoms with Crippen molar-refractivity contribution in [3.8, 4) is 0 Å². The van der Waals surface area contributed by atoms with Gasteiger partial charge in [-0.3, -0.25) is 0 Å². The van der Waals surface area contributed by atoms with Gasteiger partial charge in [0.15, 0.2) is 0 Å². The molecule has 0 fully saturated rings. The van der Waals surface area contributed by atoms with E-state index in [4.69, 9.17) is 16.0 Å². The molecule has 0 amide bonds. The summed E-state index contributed by atoms with van der Waals surface area (Å²) in [6, 6.07) is 10.1. The number of furan rings is 1. The fourth-order valence-electron chi connectivity index (χ4n) is 2.58. The van der Waals surface area contributed by atoms with Crippen LogP contribution in [0.3, 0.4) is 0 Å². The zero-order valence-electron chi connectivity index (χ0n) is 12.1. The summed E-state index contributed by atoms with van der Waals surface area (Å²) in [5.74, 6) is 2.67. The molecule has 0 spiro atoms. The Balaban J connectivity index is 2.23. The summed E-state index contributed by atoms with van der Waals surface area (Å²) in [7, 11) is 0. The van der Waals surface area contributed by atoms with E-state index in [0.29, 0.717) is 0 Å². The molecule has 3 rings (SSSR count). The van der Waals surface area contributed by atoms with Crippen LogP contribution in [0.5, 0.6) is 0 Å². The van der Waals surface area contributed by atoms with Crippen molar-refractivity contribution in [2.45, 2.75) is 32.2 Å². The van der Waals surface area contributed by atoms with Crippen LogP contribution < -0.4 is 0 Å². The van der Waals surface area contributed by atoms with Gasteiger partial charge in [0.1, 0.15) is 17.3 Å². The van der Waals surface area contributed by atoms with Crippen LogP contribution >= 0.6 is 27.5 Å². The third-order valence-corrected chi connectivity index (χ3v) is 4.28. The first-order valence-corrected chi connectivity index (χ1v) is 8.08. The first-order valence-electron chi connectivity index (χ1n) is 6.85. The van der Waals surface area contributed by atoms with Crippen LogP contribution in [0.1, 0.15) is 42.6 Å². The maximum Gasteiger partial charge on any atom is 0.128 e. The van der Waals surface area contributed by atoms with Gasteiger partial charge in [-0.25, -0.2) is 4.98 Å². The van der Waals surface area contributed by atoms with Crippen molar-refractivity contribution in [1.29, 1.82) is 0 Å². The first kappa shape index (κ1) is 14.7. The van der Waals surface area contributed by atoms with Gasteiger partial charge in [-0.15, -0.1) is 11.6 Å². The monoisotopic (exact) mass is 366 g/mol. The number of halogens is 2. The van der Waals surface area contributed by atoms with Gasteiger partial charge in [-0.1, -0.05) is 15.9 Å². The predicted molar refractivity (Wildman–Crippen MR) is 89.0 cm³/mol. The fourth-order valence-corrected chi connectivity index (χ4v) is 3.08. The van der Waals surface area contributed by atoms with Gasteiger partial charge in [-0.05, 0) is 51.1 Å². The lowest BCUT2D eigenvalue weighted by molar-refractivity contribution is 0.427. The molecule has 0 radical (unpaired) electrons. The molecule has 0 saturated heterocycles. The molecule has 1 aromatic carbocycles. The van der Waals surface area contributed by atoms with Crippen LogP contribution in [-0.4, -0.2) is 9.55 Å². The number of benzene rings is 1. The molecule has 3 nitrogen and oxygen atoms in total. The molecule has 0 aliphatic rings. The Hall–Kier alpha value is -1.26. The summed E-state index contributed by atoms with van der Waals surface area (Å²) in [5.41, 5.74) is 1.99. The molecule has 0 aliphatic carbocycles. The number of aromatic nitrogens is 2. The Labute approximate surface area is 137 Å². The van der Waals surface area contributed by atoms with Gasteiger partial charge in [0.2, 0.25) is 0 Å².